The molecule has 0 saturated heterocycles. The molecule has 1 aromatic heterocycles. The van der Waals surface area contributed by atoms with Gasteiger partial charge in [0.25, 0.3) is 0 Å². The van der Waals surface area contributed by atoms with Crippen LogP contribution in [0.4, 0.5) is 10.5 Å². The van der Waals surface area contributed by atoms with E-state index in [2.05, 4.69) is 15.6 Å². The van der Waals surface area contributed by atoms with Gasteiger partial charge in [-0.2, -0.15) is 0 Å². The van der Waals surface area contributed by atoms with Crippen LogP contribution < -0.4 is 20.1 Å². The Morgan fingerprint density at radius 2 is 1.96 bits per heavy atom. The minimum atomic E-state index is -0.301. The molecule has 0 atom stereocenters. The van der Waals surface area contributed by atoms with Crippen molar-refractivity contribution in [3.05, 3.63) is 59.5 Å². The Balaban J connectivity index is 1.39. The van der Waals surface area contributed by atoms with E-state index in [9.17, 15) is 4.79 Å². The Bertz CT molecular complexity index is 977. The molecule has 0 unspecified atom stereocenters. The summed E-state index contributed by atoms with van der Waals surface area (Å²) in [5.41, 5.74) is 3.24. The van der Waals surface area contributed by atoms with Crippen LogP contribution >= 0.6 is 0 Å². The molecule has 3 aromatic rings. The number of nitrogens with zero attached hydrogens (tertiary/aromatic N) is 1. The SMILES string of the molecule is Cc1nc(-c2cccc(NC(=O)NCc3ccc4c(c3)OCO4)c2)oc1C. The smallest absolute Gasteiger partial charge is 0.319 e. The van der Waals surface area contributed by atoms with Crippen LogP contribution in [0.3, 0.4) is 0 Å². The fourth-order valence-electron chi connectivity index (χ4n) is 2.73. The lowest BCUT2D eigenvalue weighted by Gasteiger charge is -2.09. The van der Waals surface area contributed by atoms with Gasteiger partial charge in [-0.3, -0.25) is 0 Å². The Kier molecular flexibility index (Phi) is 4.42. The van der Waals surface area contributed by atoms with Gasteiger partial charge < -0.3 is 24.5 Å². The number of urea groups is 1. The van der Waals surface area contributed by atoms with Gasteiger partial charge in [0.05, 0.1) is 5.69 Å². The predicted molar refractivity (Wildman–Crippen MR) is 99.8 cm³/mol. The molecular formula is C20H19N3O4. The van der Waals surface area contributed by atoms with E-state index >= 15 is 0 Å². The Labute approximate surface area is 156 Å². The second kappa shape index (κ2) is 7.03. The van der Waals surface area contributed by atoms with E-state index in [0.29, 0.717) is 23.9 Å². The summed E-state index contributed by atoms with van der Waals surface area (Å²) < 4.78 is 16.3. The van der Waals surface area contributed by atoms with Crippen molar-refractivity contribution >= 4 is 11.7 Å². The largest absolute Gasteiger partial charge is 0.454 e. The number of fused-ring (bicyclic) bond motifs is 1. The van der Waals surface area contributed by atoms with E-state index < -0.39 is 0 Å². The van der Waals surface area contributed by atoms with Crippen LogP contribution in [0.25, 0.3) is 11.5 Å². The van der Waals surface area contributed by atoms with Crippen LogP contribution in [0.5, 0.6) is 11.5 Å². The van der Waals surface area contributed by atoms with E-state index in [1.165, 1.54) is 0 Å². The van der Waals surface area contributed by atoms with Gasteiger partial charge in [0, 0.05) is 17.8 Å². The average molecular weight is 365 g/mol. The van der Waals surface area contributed by atoms with Crippen molar-refractivity contribution in [3.8, 4) is 23.0 Å². The summed E-state index contributed by atoms with van der Waals surface area (Å²) in [6, 6.07) is 12.7. The molecule has 1 aliphatic rings. The first kappa shape index (κ1) is 17.0. The number of amides is 2. The summed E-state index contributed by atoms with van der Waals surface area (Å²) in [5, 5.41) is 5.65. The standard InChI is InChI=1S/C20H19N3O4/c1-12-13(2)27-19(22-12)15-4-3-5-16(9-15)23-20(24)21-10-14-6-7-17-18(8-14)26-11-25-17/h3-9H,10-11H2,1-2H3,(H2,21,23,24). The predicted octanol–water partition coefficient (Wildman–Crippen LogP) is 4.01. The normalized spacial score (nSPS) is 12.1. The van der Waals surface area contributed by atoms with Crippen molar-refractivity contribution in [2.45, 2.75) is 20.4 Å². The number of benzene rings is 2. The zero-order valence-electron chi connectivity index (χ0n) is 15.0. The minimum absolute atomic E-state index is 0.229. The van der Waals surface area contributed by atoms with Crippen molar-refractivity contribution in [2.75, 3.05) is 12.1 Å². The van der Waals surface area contributed by atoms with E-state index in [-0.39, 0.29) is 12.8 Å². The number of hydrogen-bond donors (Lipinski definition) is 2. The molecular weight excluding hydrogens is 346 g/mol. The summed E-state index contributed by atoms with van der Waals surface area (Å²) in [4.78, 5) is 16.6. The average Bonchev–Trinajstić information content (AvgIpc) is 3.26. The number of carbonyl (C=O) groups excluding carboxylic acids is 1. The third-order valence-electron chi connectivity index (χ3n) is 4.29. The number of carbonyl (C=O) groups is 1. The Hall–Kier alpha value is -3.48. The molecule has 2 amide bonds. The lowest BCUT2D eigenvalue weighted by Crippen LogP contribution is -2.28. The van der Waals surface area contributed by atoms with Gasteiger partial charge in [0.2, 0.25) is 12.7 Å². The molecule has 0 bridgehead atoms. The molecule has 2 aromatic carbocycles. The van der Waals surface area contributed by atoms with Gasteiger partial charge in [0.15, 0.2) is 11.5 Å². The molecule has 0 saturated carbocycles. The number of rotatable bonds is 4. The van der Waals surface area contributed by atoms with E-state index in [0.717, 1.165) is 28.3 Å². The first-order chi connectivity index (χ1) is 13.1. The maximum absolute atomic E-state index is 12.2. The zero-order chi connectivity index (χ0) is 18.8. The molecule has 0 fully saturated rings. The number of aromatic nitrogens is 1. The molecule has 4 rings (SSSR count). The van der Waals surface area contributed by atoms with Gasteiger partial charge in [-0.05, 0) is 49.7 Å². The topological polar surface area (TPSA) is 85.6 Å². The van der Waals surface area contributed by atoms with Gasteiger partial charge >= 0.3 is 6.03 Å². The van der Waals surface area contributed by atoms with Crippen LogP contribution in [-0.2, 0) is 6.54 Å². The van der Waals surface area contributed by atoms with Gasteiger partial charge in [0.1, 0.15) is 5.76 Å². The molecule has 0 radical (unpaired) electrons. The molecule has 2 N–H and O–H groups in total. The second-order valence-corrected chi connectivity index (χ2v) is 6.24. The summed E-state index contributed by atoms with van der Waals surface area (Å²) in [5.74, 6) is 2.73. The lowest BCUT2D eigenvalue weighted by molar-refractivity contribution is 0.174. The van der Waals surface area contributed by atoms with Crippen LogP contribution in [0.2, 0.25) is 0 Å². The molecule has 0 aliphatic carbocycles. The van der Waals surface area contributed by atoms with Crippen LogP contribution in [0, 0.1) is 13.8 Å². The third kappa shape index (κ3) is 3.72. The second-order valence-electron chi connectivity index (χ2n) is 6.24. The highest BCUT2D eigenvalue weighted by Gasteiger charge is 2.14. The monoisotopic (exact) mass is 365 g/mol. The molecule has 1 aliphatic heterocycles. The number of ether oxygens (including phenoxy) is 2. The van der Waals surface area contributed by atoms with E-state index in [1.807, 2.05) is 56.3 Å². The van der Waals surface area contributed by atoms with E-state index in [1.54, 1.807) is 0 Å². The highest BCUT2D eigenvalue weighted by Crippen LogP contribution is 2.32. The maximum atomic E-state index is 12.2. The Morgan fingerprint density at radius 1 is 1.11 bits per heavy atom. The number of nitrogens with one attached hydrogen (secondary N) is 2. The highest BCUT2D eigenvalue weighted by atomic mass is 16.7. The molecule has 27 heavy (non-hydrogen) atoms. The summed E-state index contributed by atoms with van der Waals surface area (Å²) in [7, 11) is 0. The number of hydrogen-bond acceptors (Lipinski definition) is 5. The molecule has 7 heteroatoms. The number of oxazole rings is 1. The molecule has 2 heterocycles. The van der Waals surface area contributed by atoms with Crippen molar-refractivity contribution in [2.24, 2.45) is 0 Å². The fraction of sp³-hybridized carbons (Fsp3) is 0.200. The van der Waals surface area contributed by atoms with E-state index in [4.69, 9.17) is 13.9 Å². The van der Waals surface area contributed by atoms with Gasteiger partial charge in [-0.25, -0.2) is 9.78 Å². The van der Waals surface area contributed by atoms with Crippen molar-refractivity contribution in [1.29, 1.82) is 0 Å². The van der Waals surface area contributed by atoms with Crippen LogP contribution in [0.15, 0.2) is 46.9 Å². The first-order valence-corrected chi connectivity index (χ1v) is 8.56. The molecule has 7 nitrogen and oxygen atoms in total. The summed E-state index contributed by atoms with van der Waals surface area (Å²) in [6.07, 6.45) is 0. The molecule has 0 spiro atoms. The number of anilines is 1. The zero-order valence-corrected chi connectivity index (χ0v) is 15.0. The lowest BCUT2D eigenvalue weighted by atomic mass is 10.2. The summed E-state index contributed by atoms with van der Waals surface area (Å²) in [6.45, 7) is 4.37. The van der Waals surface area contributed by atoms with Crippen LogP contribution in [-0.4, -0.2) is 17.8 Å². The fourth-order valence-corrected chi connectivity index (χ4v) is 2.73. The van der Waals surface area contributed by atoms with Gasteiger partial charge in [-0.1, -0.05) is 12.1 Å². The Morgan fingerprint density at radius 3 is 2.78 bits per heavy atom. The quantitative estimate of drug-likeness (QED) is 0.730. The minimum Gasteiger partial charge on any atom is -0.454 e. The van der Waals surface area contributed by atoms with Crippen molar-refractivity contribution < 1.29 is 18.7 Å². The van der Waals surface area contributed by atoms with Crippen molar-refractivity contribution in [1.82, 2.24) is 10.3 Å². The molecule has 138 valence electrons. The maximum Gasteiger partial charge on any atom is 0.319 e. The van der Waals surface area contributed by atoms with Crippen molar-refractivity contribution in [3.63, 3.8) is 0 Å². The first-order valence-electron chi connectivity index (χ1n) is 8.56. The van der Waals surface area contributed by atoms with Gasteiger partial charge in [-0.15, -0.1) is 0 Å². The number of aryl methyl sites for hydroxylation is 2. The highest BCUT2D eigenvalue weighted by molar-refractivity contribution is 5.89. The third-order valence-corrected chi connectivity index (χ3v) is 4.29. The summed E-state index contributed by atoms with van der Waals surface area (Å²) >= 11 is 0. The van der Waals surface area contributed by atoms with Crippen LogP contribution in [0.1, 0.15) is 17.0 Å².